The normalized spacial score (nSPS) is 15.6. The second kappa shape index (κ2) is 6.59. The molecule has 0 aliphatic heterocycles. The molecule has 1 saturated carbocycles. The van der Waals surface area contributed by atoms with Crippen molar-refractivity contribution in [1.82, 2.24) is 15.6 Å². The summed E-state index contributed by atoms with van der Waals surface area (Å²) in [6.45, 7) is 4.57. The molecular weight excluding hydrogens is 248 g/mol. The standard InChI is InChI=1S/C13H19ClN4/c1-2-15-13(17-7-10-3-4-10)18-9-11-5-6-12(14)16-8-11/h5-6,8,10H,2-4,7,9H2,1H3,(H2,15,17,18). The van der Waals surface area contributed by atoms with Crippen LogP contribution < -0.4 is 10.6 Å². The van der Waals surface area contributed by atoms with Crippen LogP contribution in [0.3, 0.4) is 0 Å². The molecule has 18 heavy (non-hydrogen) atoms. The van der Waals surface area contributed by atoms with Crippen LogP contribution in [0.15, 0.2) is 23.3 Å². The van der Waals surface area contributed by atoms with Crippen molar-refractivity contribution in [3.8, 4) is 0 Å². The van der Waals surface area contributed by atoms with E-state index in [1.807, 2.05) is 6.07 Å². The topological polar surface area (TPSA) is 49.3 Å². The molecule has 1 fully saturated rings. The maximum Gasteiger partial charge on any atom is 0.191 e. The quantitative estimate of drug-likeness (QED) is 0.488. The Labute approximate surface area is 113 Å². The first kappa shape index (κ1) is 13.1. The molecule has 1 aromatic heterocycles. The van der Waals surface area contributed by atoms with Gasteiger partial charge in [-0.3, -0.25) is 0 Å². The Kier molecular flexibility index (Phi) is 4.81. The van der Waals surface area contributed by atoms with Crippen LogP contribution in [-0.2, 0) is 6.54 Å². The SMILES string of the molecule is CCNC(=NCc1ccc(Cl)nc1)NCC1CC1. The fraction of sp³-hybridized carbons (Fsp3) is 0.538. The molecule has 2 rings (SSSR count). The molecule has 1 aliphatic carbocycles. The van der Waals surface area contributed by atoms with E-state index in [9.17, 15) is 0 Å². The number of hydrogen-bond acceptors (Lipinski definition) is 2. The fourth-order valence-electron chi connectivity index (χ4n) is 1.58. The Morgan fingerprint density at radius 2 is 2.28 bits per heavy atom. The zero-order valence-corrected chi connectivity index (χ0v) is 11.4. The van der Waals surface area contributed by atoms with Gasteiger partial charge in [0.05, 0.1) is 6.54 Å². The lowest BCUT2D eigenvalue weighted by atomic mass is 10.3. The number of aromatic nitrogens is 1. The summed E-state index contributed by atoms with van der Waals surface area (Å²) in [5.41, 5.74) is 1.06. The number of rotatable bonds is 5. The number of halogens is 1. The third-order valence-electron chi connectivity index (χ3n) is 2.81. The van der Waals surface area contributed by atoms with Gasteiger partial charge in [0, 0.05) is 19.3 Å². The van der Waals surface area contributed by atoms with Gasteiger partial charge in [-0.05, 0) is 37.3 Å². The maximum absolute atomic E-state index is 5.74. The van der Waals surface area contributed by atoms with Crippen molar-refractivity contribution in [3.05, 3.63) is 29.0 Å². The minimum absolute atomic E-state index is 0.515. The molecule has 0 atom stereocenters. The lowest BCUT2D eigenvalue weighted by Gasteiger charge is -2.10. The van der Waals surface area contributed by atoms with Gasteiger partial charge in [0.15, 0.2) is 5.96 Å². The number of nitrogens with one attached hydrogen (secondary N) is 2. The predicted octanol–water partition coefficient (Wildman–Crippen LogP) is 2.20. The highest BCUT2D eigenvalue weighted by Crippen LogP contribution is 2.27. The monoisotopic (exact) mass is 266 g/mol. The molecule has 0 amide bonds. The maximum atomic E-state index is 5.74. The van der Waals surface area contributed by atoms with Crippen LogP contribution in [0.25, 0.3) is 0 Å². The van der Waals surface area contributed by atoms with Crippen molar-refractivity contribution >= 4 is 17.6 Å². The Morgan fingerprint density at radius 3 is 2.89 bits per heavy atom. The third kappa shape index (κ3) is 4.53. The molecule has 1 aliphatic rings. The van der Waals surface area contributed by atoms with E-state index in [-0.39, 0.29) is 0 Å². The summed E-state index contributed by atoms with van der Waals surface area (Å²) in [5.74, 6) is 1.71. The minimum atomic E-state index is 0.515. The number of pyridine rings is 1. The fourth-order valence-corrected chi connectivity index (χ4v) is 1.69. The Morgan fingerprint density at radius 1 is 1.44 bits per heavy atom. The van der Waals surface area contributed by atoms with Crippen molar-refractivity contribution in [2.24, 2.45) is 10.9 Å². The molecule has 0 unspecified atom stereocenters. The van der Waals surface area contributed by atoms with Crippen molar-refractivity contribution in [2.45, 2.75) is 26.3 Å². The molecule has 1 aromatic rings. The zero-order valence-electron chi connectivity index (χ0n) is 10.6. The molecule has 0 saturated heterocycles. The average molecular weight is 267 g/mol. The summed E-state index contributed by atoms with van der Waals surface area (Å²) in [6.07, 6.45) is 4.44. The van der Waals surface area contributed by atoms with Gasteiger partial charge in [-0.25, -0.2) is 9.98 Å². The Bertz CT molecular complexity index is 398. The smallest absolute Gasteiger partial charge is 0.191 e. The molecular formula is C13H19ClN4. The molecule has 0 spiro atoms. The van der Waals surface area contributed by atoms with Crippen LogP contribution in [0.1, 0.15) is 25.3 Å². The Hall–Kier alpha value is -1.29. The van der Waals surface area contributed by atoms with E-state index in [2.05, 4.69) is 27.5 Å². The number of hydrogen-bond donors (Lipinski definition) is 2. The molecule has 0 bridgehead atoms. The molecule has 2 N–H and O–H groups in total. The lowest BCUT2D eigenvalue weighted by Crippen LogP contribution is -2.38. The van der Waals surface area contributed by atoms with E-state index in [1.165, 1.54) is 12.8 Å². The van der Waals surface area contributed by atoms with Crippen molar-refractivity contribution in [2.75, 3.05) is 13.1 Å². The van der Waals surface area contributed by atoms with E-state index in [0.29, 0.717) is 11.7 Å². The van der Waals surface area contributed by atoms with Gasteiger partial charge in [-0.2, -0.15) is 0 Å². The largest absolute Gasteiger partial charge is 0.357 e. The van der Waals surface area contributed by atoms with Gasteiger partial charge >= 0.3 is 0 Å². The molecule has 0 aromatic carbocycles. The number of aliphatic imine (C=N–C) groups is 1. The van der Waals surface area contributed by atoms with Crippen LogP contribution >= 0.6 is 11.6 Å². The van der Waals surface area contributed by atoms with Crippen molar-refractivity contribution in [1.29, 1.82) is 0 Å². The first-order chi connectivity index (χ1) is 8.78. The zero-order chi connectivity index (χ0) is 12.8. The first-order valence-corrected chi connectivity index (χ1v) is 6.78. The van der Waals surface area contributed by atoms with E-state index < -0.39 is 0 Å². The predicted molar refractivity (Wildman–Crippen MR) is 74.8 cm³/mol. The van der Waals surface area contributed by atoms with Gasteiger partial charge in [0.1, 0.15) is 5.15 Å². The second-order valence-electron chi connectivity index (χ2n) is 4.51. The van der Waals surface area contributed by atoms with E-state index in [0.717, 1.165) is 30.5 Å². The van der Waals surface area contributed by atoms with Crippen molar-refractivity contribution in [3.63, 3.8) is 0 Å². The summed E-state index contributed by atoms with van der Waals surface area (Å²) in [5, 5.41) is 7.11. The van der Waals surface area contributed by atoms with Gasteiger partial charge in [-0.15, -0.1) is 0 Å². The summed E-state index contributed by atoms with van der Waals surface area (Å²) < 4.78 is 0. The molecule has 1 heterocycles. The molecule has 4 nitrogen and oxygen atoms in total. The third-order valence-corrected chi connectivity index (χ3v) is 3.03. The van der Waals surface area contributed by atoms with Crippen LogP contribution in [0.5, 0.6) is 0 Å². The van der Waals surface area contributed by atoms with E-state index in [1.54, 1.807) is 12.3 Å². The highest BCUT2D eigenvalue weighted by molar-refractivity contribution is 6.29. The van der Waals surface area contributed by atoms with E-state index >= 15 is 0 Å². The minimum Gasteiger partial charge on any atom is -0.357 e. The first-order valence-electron chi connectivity index (χ1n) is 6.40. The molecule has 5 heteroatoms. The average Bonchev–Trinajstić information content (AvgIpc) is 3.19. The number of guanidine groups is 1. The summed E-state index contributed by atoms with van der Waals surface area (Å²) in [7, 11) is 0. The van der Waals surface area contributed by atoms with Gasteiger partial charge < -0.3 is 10.6 Å². The van der Waals surface area contributed by atoms with Crippen LogP contribution in [0, 0.1) is 5.92 Å². The van der Waals surface area contributed by atoms with E-state index in [4.69, 9.17) is 11.6 Å². The van der Waals surface area contributed by atoms with Gasteiger partial charge in [0.2, 0.25) is 0 Å². The summed E-state index contributed by atoms with van der Waals surface area (Å²) >= 11 is 5.74. The lowest BCUT2D eigenvalue weighted by molar-refractivity contribution is 0.739. The second-order valence-corrected chi connectivity index (χ2v) is 4.90. The molecule has 0 radical (unpaired) electrons. The van der Waals surface area contributed by atoms with Crippen LogP contribution in [-0.4, -0.2) is 24.0 Å². The Balaban J connectivity index is 1.87. The van der Waals surface area contributed by atoms with Crippen molar-refractivity contribution < 1.29 is 0 Å². The highest BCUT2D eigenvalue weighted by atomic mass is 35.5. The molecule has 98 valence electrons. The van der Waals surface area contributed by atoms with Crippen LogP contribution in [0.2, 0.25) is 5.15 Å². The van der Waals surface area contributed by atoms with Gasteiger partial charge in [-0.1, -0.05) is 17.7 Å². The highest BCUT2D eigenvalue weighted by Gasteiger charge is 2.20. The number of nitrogens with zero attached hydrogens (tertiary/aromatic N) is 2. The van der Waals surface area contributed by atoms with Crippen LogP contribution in [0.4, 0.5) is 0 Å². The summed E-state index contributed by atoms with van der Waals surface area (Å²) in [4.78, 5) is 8.57. The summed E-state index contributed by atoms with van der Waals surface area (Å²) in [6, 6.07) is 3.74. The van der Waals surface area contributed by atoms with Gasteiger partial charge in [0.25, 0.3) is 0 Å².